The van der Waals surface area contributed by atoms with Crippen molar-refractivity contribution in [2.45, 2.75) is 46.3 Å². The fourth-order valence-corrected chi connectivity index (χ4v) is 3.02. The lowest BCUT2D eigenvalue weighted by Gasteiger charge is -2.25. The summed E-state index contributed by atoms with van der Waals surface area (Å²) in [5, 5.41) is 0. The highest BCUT2D eigenvalue weighted by Crippen LogP contribution is 2.16. The predicted octanol–water partition coefficient (Wildman–Crippen LogP) is 1.47. The zero-order valence-electron chi connectivity index (χ0n) is 14.8. The molecule has 1 amide bonds. The topological polar surface area (TPSA) is 84.7 Å². The SMILES string of the molecule is CCc1ncc(CN(C)C(=O)OC(C)(C)C)n1S(=O)(=O)N(C)C. The molecule has 0 fully saturated rings. The van der Waals surface area contributed by atoms with Crippen LogP contribution in [0.4, 0.5) is 4.79 Å². The Labute approximate surface area is 138 Å². The third-order valence-corrected chi connectivity index (χ3v) is 4.80. The van der Waals surface area contributed by atoms with Crippen LogP contribution in [0.15, 0.2) is 6.20 Å². The van der Waals surface area contributed by atoms with Gasteiger partial charge in [0, 0.05) is 27.6 Å². The molecular weight excluding hydrogens is 320 g/mol. The standard InChI is InChI=1S/C14H26N4O4S/c1-8-12-15-9-11(18(12)23(20,21)16(5)6)10-17(7)13(19)22-14(2,3)4/h9H,8,10H2,1-7H3. The van der Waals surface area contributed by atoms with E-state index in [-0.39, 0.29) is 6.54 Å². The van der Waals surface area contributed by atoms with E-state index < -0.39 is 21.9 Å². The summed E-state index contributed by atoms with van der Waals surface area (Å²) in [7, 11) is 0.759. The van der Waals surface area contributed by atoms with Gasteiger partial charge in [-0.2, -0.15) is 12.7 Å². The maximum Gasteiger partial charge on any atom is 0.410 e. The molecule has 1 aromatic heterocycles. The lowest BCUT2D eigenvalue weighted by atomic mass is 10.2. The van der Waals surface area contributed by atoms with Crippen molar-refractivity contribution in [1.29, 1.82) is 0 Å². The van der Waals surface area contributed by atoms with Gasteiger partial charge < -0.3 is 9.64 Å². The maximum atomic E-state index is 12.5. The van der Waals surface area contributed by atoms with Crippen molar-refractivity contribution in [2.75, 3.05) is 21.1 Å². The van der Waals surface area contributed by atoms with Gasteiger partial charge in [-0.15, -0.1) is 0 Å². The molecule has 0 spiro atoms. The third-order valence-electron chi connectivity index (χ3n) is 2.97. The van der Waals surface area contributed by atoms with E-state index in [1.165, 1.54) is 29.2 Å². The van der Waals surface area contributed by atoms with Gasteiger partial charge >= 0.3 is 16.3 Å². The summed E-state index contributed by atoms with van der Waals surface area (Å²) < 4.78 is 32.5. The lowest BCUT2D eigenvalue weighted by Crippen LogP contribution is -2.36. The molecule has 1 rings (SSSR count). The third kappa shape index (κ3) is 4.68. The van der Waals surface area contributed by atoms with Gasteiger partial charge in [-0.05, 0) is 20.8 Å². The van der Waals surface area contributed by atoms with Gasteiger partial charge in [-0.1, -0.05) is 6.92 Å². The van der Waals surface area contributed by atoms with Crippen LogP contribution >= 0.6 is 0 Å². The Kier molecular flexibility index (Phi) is 5.81. The van der Waals surface area contributed by atoms with Crippen LogP contribution in [-0.2, 0) is 27.9 Å². The Morgan fingerprint density at radius 3 is 2.30 bits per heavy atom. The average Bonchev–Trinajstić information content (AvgIpc) is 2.79. The lowest BCUT2D eigenvalue weighted by molar-refractivity contribution is 0.0282. The molecule has 0 unspecified atom stereocenters. The number of aryl methyl sites for hydroxylation is 1. The summed E-state index contributed by atoms with van der Waals surface area (Å²) in [6.45, 7) is 7.22. The summed E-state index contributed by atoms with van der Waals surface area (Å²) in [4.78, 5) is 17.5. The smallest absolute Gasteiger partial charge is 0.410 e. The normalized spacial score (nSPS) is 12.5. The van der Waals surface area contributed by atoms with Crippen molar-refractivity contribution in [3.63, 3.8) is 0 Å². The van der Waals surface area contributed by atoms with E-state index >= 15 is 0 Å². The minimum absolute atomic E-state index is 0.0784. The highest BCUT2D eigenvalue weighted by Gasteiger charge is 2.26. The maximum absolute atomic E-state index is 12.5. The van der Waals surface area contributed by atoms with E-state index in [0.717, 1.165) is 4.31 Å². The van der Waals surface area contributed by atoms with Crippen molar-refractivity contribution in [1.82, 2.24) is 18.2 Å². The zero-order valence-corrected chi connectivity index (χ0v) is 15.6. The summed E-state index contributed by atoms with van der Waals surface area (Å²) >= 11 is 0. The van der Waals surface area contributed by atoms with Crippen LogP contribution in [-0.4, -0.2) is 59.4 Å². The Morgan fingerprint density at radius 2 is 1.87 bits per heavy atom. The molecule has 9 heteroatoms. The van der Waals surface area contributed by atoms with Crippen LogP contribution in [0, 0.1) is 0 Å². The second-order valence-corrected chi connectivity index (χ2v) is 8.40. The van der Waals surface area contributed by atoms with Crippen LogP contribution in [0.3, 0.4) is 0 Å². The molecule has 0 saturated carbocycles. The number of hydrogen-bond donors (Lipinski definition) is 0. The molecular formula is C14H26N4O4S. The van der Waals surface area contributed by atoms with E-state index in [9.17, 15) is 13.2 Å². The molecule has 0 aliphatic heterocycles. The second-order valence-electron chi connectivity index (χ2n) is 6.41. The Hall–Kier alpha value is -1.61. The molecule has 0 aliphatic carbocycles. The average molecular weight is 346 g/mol. The Balaban J connectivity index is 3.12. The molecule has 23 heavy (non-hydrogen) atoms. The van der Waals surface area contributed by atoms with Gasteiger partial charge in [-0.25, -0.2) is 13.8 Å². The number of amides is 1. The van der Waals surface area contributed by atoms with Gasteiger partial charge in [0.2, 0.25) is 0 Å². The van der Waals surface area contributed by atoms with E-state index in [2.05, 4.69) is 4.98 Å². The molecule has 1 heterocycles. The molecule has 0 N–H and O–H groups in total. The molecule has 0 atom stereocenters. The van der Waals surface area contributed by atoms with Crippen molar-refractivity contribution in [3.8, 4) is 0 Å². The number of hydrogen-bond acceptors (Lipinski definition) is 5. The first kappa shape index (κ1) is 19.4. The molecule has 0 radical (unpaired) electrons. The fourth-order valence-electron chi connectivity index (χ4n) is 1.85. The minimum Gasteiger partial charge on any atom is -0.444 e. The molecule has 132 valence electrons. The van der Waals surface area contributed by atoms with Gasteiger partial charge in [0.05, 0.1) is 18.4 Å². The highest BCUT2D eigenvalue weighted by molar-refractivity contribution is 7.87. The number of imidazole rings is 1. The second kappa shape index (κ2) is 6.88. The Morgan fingerprint density at radius 1 is 1.30 bits per heavy atom. The van der Waals surface area contributed by atoms with Crippen molar-refractivity contribution >= 4 is 16.3 Å². The van der Waals surface area contributed by atoms with Crippen LogP contribution in [0.1, 0.15) is 39.2 Å². The summed E-state index contributed by atoms with van der Waals surface area (Å²) in [5.41, 5.74) is -0.209. The van der Waals surface area contributed by atoms with Crippen LogP contribution in [0.5, 0.6) is 0 Å². The number of carbonyl (C=O) groups is 1. The van der Waals surface area contributed by atoms with Gasteiger partial charge in [0.1, 0.15) is 11.4 Å². The van der Waals surface area contributed by atoms with Crippen LogP contribution in [0.25, 0.3) is 0 Å². The summed E-state index contributed by atoms with van der Waals surface area (Å²) in [6, 6.07) is 0. The number of rotatable bonds is 5. The van der Waals surface area contributed by atoms with Crippen LogP contribution in [0.2, 0.25) is 0 Å². The number of nitrogens with zero attached hydrogens (tertiary/aromatic N) is 4. The van der Waals surface area contributed by atoms with E-state index in [1.807, 2.05) is 6.92 Å². The minimum atomic E-state index is -3.70. The summed E-state index contributed by atoms with van der Waals surface area (Å²) in [5.74, 6) is 0.422. The molecule has 0 aliphatic rings. The quantitative estimate of drug-likeness (QED) is 0.806. The first-order chi connectivity index (χ1) is 10.4. The van der Waals surface area contributed by atoms with E-state index in [4.69, 9.17) is 4.74 Å². The van der Waals surface area contributed by atoms with E-state index in [0.29, 0.717) is 17.9 Å². The van der Waals surface area contributed by atoms with Crippen LogP contribution < -0.4 is 0 Å². The summed E-state index contributed by atoms with van der Waals surface area (Å²) in [6.07, 6.45) is 1.41. The first-order valence-corrected chi connectivity index (χ1v) is 8.72. The number of carbonyl (C=O) groups excluding carboxylic acids is 1. The number of aromatic nitrogens is 2. The molecule has 8 nitrogen and oxygen atoms in total. The Bertz CT molecular complexity index is 659. The van der Waals surface area contributed by atoms with Crippen molar-refractivity contribution in [2.24, 2.45) is 0 Å². The monoisotopic (exact) mass is 346 g/mol. The van der Waals surface area contributed by atoms with Gasteiger partial charge in [0.25, 0.3) is 0 Å². The largest absolute Gasteiger partial charge is 0.444 e. The highest BCUT2D eigenvalue weighted by atomic mass is 32.2. The van der Waals surface area contributed by atoms with E-state index in [1.54, 1.807) is 27.8 Å². The predicted molar refractivity (Wildman–Crippen MR) is 87.3 cm³/mol. The molecule has 0 aromatic carbocycles. The van der Waals surface area contributed by atoms with Crippen molar-refractivity contribution < 1.29 is 17.9 Å². The van der Waals surface area contributed by atoms with Gasteiger partial charge in [-0.3, -0.25) is 0 Å². The first-order valence-electron chi connectivity index (χ1n) is 7.32. The number of ether oxygens (including phenoxy) is 1. The van der Waals surface area contributed by atoms with Crippen molar-refractivity contribution in [3.05, 3.63) is 17.7 Å². The molecule has 0 saturated heterocycles. The molecule has 0 bridgehead atoms. The zero-order chi connectivity index (χ0) is 18.0. The fraction of sp³-hybridized carbons (Fsp3) is 0.714. The molecule has 1 aromatic rings. The van der Waals surface area contributed by atoms with Gasteiger partial charge in [0.15, 0.2) is 0 Å².